The molecule has 0 radical (unpaired) electrons. The number of amides is 3. The summed E-state index contributed by atoms with van der Waals surface area (Å²) in [6.07, 6.45) is 3.52. The molecule has 31 heavy (non-hydrogen) atoms. The third-order valence-electron chi connectivity index (χ3n) is 5.96. The Morgan fingerprint density at radius 3 is 2.52 bits per heavy atom. The fourth-order valence-corrected chi connectivity index (χ4v) is 3.88. The molecule has 0 N–H and O–H groups in total. The molecular weight excluding hydrogens is 412 g/mol. The molecule has 0 aromatic heterocycles. The van der Waals surface area contributed by atoms with E-state index in [9.17, 15) is 24.0 Å². The van der Waals surface area contributed by atoms with Crippen LogP contribution < -0.4 is 0 Å². The van der Waals surface area contributed by atoms with Gasteiger partial charge in [-0.05, 0) is 45.1 Å². The molecule has 3 amide bonds. The van der Waals surface area contributed by atoms with Crippen molar-refractivity contribution in [1.29, 1.82) is 0 Å². The number of hydrogen-bond donors (Lipinski definition) is 0. The highest BCUT2D eigenvalue weighted by Gasteiger charge is 2.53. The first-order valence-electron chi connectivity index (χ1n) is 10.4. The smallest absolute Gasteiger partial charge is 0.425 e. The molecule has 3 heterocycles. The van der Waals surface area contributed by atoms with Crippen molar-refractivity contribution in [3.05, 3.63) is 12.2 Å². The van der Waals surface area contributed by atoms with Gasteiger partial charge in [-0.3, -0.25) is 19.2 Å². The average Bonchev–Trinajstić information content (AvgIpc) is 3.45. The Bertz CT molecular complexity index is 825. The summed E-state index contributed by atoms with van der Waals surface area (Å²) < 4.78 is 10.6. The second kappa shape index (κ2) is 8.29. The van der Waals surface area contributed by atoms with Gasteiger partial charge in [0, 0.05) is 19.3 Å². The number of piperidine rings is 1. The van der Waals surface area contributed by atoms with Crippen molar-refractivity contribution >= 4 is 29.8 Å². The lowest BCUT2D eigenvalue weighted by Crippen LogP contribution is -2.44. The summed E-state index contributed by atoms with van der Waals surface area (Å²) in [6, 6.07) is 0. The van der Waals surface area contributed by atoms with Crippen molar-refractivity contribution in [3.63, 3.8) is 0 Å². The van der Waals surface area contributed by atoms with Crippen molar-refractivity contribution < 1.29 is 43.1 Å². The van der Waals surface area contributed by atoms with Crippen molar-refractivity contribution in [2.45, 2.75) is 76.7 Å². The van der Waals surface area contributed by atoms with Crippen LogP contribution in [0.3, 0.4) is 0 Å². The average molecular weight is 436 g/mol. The number of nitrogens with zero attached hydrogens (tertiary/aromatic N) is 2. The zero-order valence-electron chi connectivity index (χ0n) is 17.1. The quantitative estimate of drug-likeness (QED) is 0.278. The number of hydroxylamine groups is 4. The van der Waals surface area contributed by atoms with E-state index >= 15 is 0 Å². The highest BCUT2D eigenvalue weighted by molar-refractivity contribution is 6.01. The summed E-state index contributed by atoms with van der Waals surface area (Å²) in [5.74, 6) is -2.02. The molecule has 3 aliphatic heterocycles. The van der Waals surface area contributed by atoms with Crippen LogP contribution in [-0.4, -0.2) is 58.4 Å². The fraction of sp³-hybridized carbons (Fsp3) is 0.650. The minimum atomic E-state index is -1.17. The number of ether oxygens (including phenoxy) is 2. The Labute approximate surface area is 178 Å². The third-order valence-corrected chi connectivity index (χ3v) is 5.96. The Morgan fingerprint density at radius 2 is 1.77 bits per heavy atom. The van der Waals surface area contributed by atoms with Crippen molar-refractivity contribution in [3.8, 4) is 0 Å². The predicted octanol–water partition coefficient (Wildman–Crippen LogP) is 1.51. The van der Waals surface area contributed by atoms with Crippen LogP contribution in [0.25, 0.3) is 0 Å². The van der Waals surface area contributed by atoms with Gasteiger partial charge in [0.05, 0.1) is 5.41 Å². The van der Waals surface area contributed by atoms with Gasteiger partial charge in [0.2, 0.25) is 0 Å². The molecule has 1 aliphatic carbocycles. The number of fused-ring (bicyclic) bond motifs is 1. The molecular formula is C20H24N2O9. The summed E-state index contributed by atoms with van der Waals surface area (Å²) in [5, 5.41) is 1.45. The topological polar surface area (TPSA) is 132 Å². The first kappa shape index (κ1) is 21.3. The Hall–Kier alpha value is -2.95. The molecule has 11 nitrogen and oxygen atoms in total. The van der Waals surface area contributed by atoms with Crippen molar-refractivity contribution in [2.24, 2.45) is 5.41 Å². The van der Waals surface area contributed by atoms with E-state index in [1.165, 1.54) is 0 Å². The number of allylic oxidation sites excluding steroid dienone is 1. The Morgan fingerprint density at radius 1 is 1.03 bits per heavy atom. The second-order valence-electron chi connectivity index (χ2n) is 8.35. The molecule has 11 heteroatoms. The van der Waals surface area contributed by atoms with Gasteiger partial charge >= 0.3 is 12.1 Å². The van der Waals surface area contributed by atoms with Gasteiger partial charge < -0.3 is 14.3 Å². The Kier molecular flexibility index (Phi) is 5.69. The lowest BCUT2D eigenvalue weighted by Gasteiger charge is -2.32. The molecule has 168 valence electrons. The molecule has 3 fully saturated rings. The van der Waals surface area contributed by atoms with Gasteiger partial charge in [0.1, 0.15) is 12.2 Å². The normalized spacial score (nSPS) is 33.8. The van der Waals surface area contributed by atoms with Gasteiger partial charge in [-0.2, -0.15) is 0 Å². The zero-order valence-corrected chi connectivity index (χ0v) is 17.1. The van der Waals surface area contributed by atoms with Crippen LogP contribution >= 0.6 is 0 Å². The molecule has 3 saturated heterocycles. The van der Waals surface area contributed by atoms with E-state index in [1.807, 2.05) is 0 Å². The van der Waals surface area contributed by atoms with Crippen LogP contribution in [0.4, 0.5) is 4.79 Å². The van der Waals surface area contributed by atoms with Gasteiger partial charge in [-0.1, -0.05) is 11.1 Å². The van der Waals surface area contributed by atoms with E-state index in [1.54, 1.807) is 19.1 Å². The molecule has 4 aliphatic rings. The molecule has 0 spiro atoms. The maximum Gasteiger partial charge on any atom is 0.534 e. The molecule has 0 aromatic carbocycles. The highest BCUT2D eigenvalue weighted by Crippen LogP contribution is 2.38. The highest BCUT2D eigenvalue weighted by atomic mass is 16.8. The molecule has 4 atom stereocenters. The van der Waals surface area contributed by atoms with Gasteiger partial charge in [-0.15, -0.1) is 5.06 Å². The summed E-state index contributed by atoms with van der Waals surface area (Å²) in [4.78, 5) is 70.2. The molecule has 4 rings (SSSR count). The van der Waals surface area contributed by atoms with Gasteiger partial charge in [0.25, 0.3) is 17.7 Å². The van der Waals surface area contributed by atoms with E-state index in [2.05, 4.69) is 0 Å². The first-order chi connectivity index (χ1) is 14.8. The van der Waals surface area contributed by atoms with E-state index in [-0.39, 0.29) is 37.7 Å². The molecule has 0 saturated carbocycles. The van der Waals surface area contributed by atoms with Crippen LogP contribution in [0.1, 0.15) is 58.3 Å². The maximum absolute atomic E-state index is 12.9. The maximum atomic E-state index is 12.9. The van der Waals surface area contributed by atoms with Crippen LogP contribution in [-0.2, 0) is 38.3 Å². The molecule has 2 unspecified atom stereocenters. The number of epoxide rings is 1. The SMILES string of the molecule is C[C@@]1(C(=O)ON2C(=O)CCC3OC32)CC/C=C/[C@H](OC(=O)ON2C(=O)CCC2=O)CC1. The lowest BCUT2D eigenvalue weighted by molar-refractivity contribution is -0.217. The number of rotatable bonds is 4. The van der Waals surface area contributed by atoms with Crippen LogP contribution in [0.5, 0.6) is 0 Å². The molecule has 0 aromatic rings. The summed E-state index contributed by atoms with van der Waals surface area (Å²) in [7, 11) is 0. The molecule has 0 bridgehead atoms. The number of carbonyl (C=O) groups is 5. The second-order valence-corrected chi connectivity index (χ2v) is 8.35. The van der Waals surface area contributed by atoms with Gasteiger partial charge in [0.15, 0.2) is 6.23 Å². The van der Waals surface area contributed by atoms with E-state index in [0.717, 1.165) is 5.06 Å². The minimum Gasteiger partial charge on any atom is -0.425 e. The fourth-order valence-electron chi connectivity index (χ4n) is 3.88. The Balaban J connectivity index is 1.32. The number of hydrogen-bond acceptors (Lipinski definition) is 9. The zero-order chi connectivity index (χ0) is 22.2. The third kappa shape index (κ3) is 4.55. The van der Waals surface area contributed by atoms with E-state index in [4.69, 9.17) is 19.1 Å². The predicted molar refractivity (Wildman–Crippen MR) is 99.0 cm³/mol. The summed E-state index contributed by atoms with van der Waals surface area (Å²) in [5.41, 5.74) is -0.903. The van der Waals surface area contributed by atoms with E-state index < -0.39 is 41.7 Å². The van der Waals surface area contributed by atoms with Gasteiger partial charge in [-0.25, -0.2) is 9.59 Å². The van der Waals surface area contributed by atoms with Crippen molar-refractivity contribution in [1.82, 2.24) is 10.1 Å². The summed E-state index contributed by atoms with van der Waals surface area (Å²) in [6.45, 7) is 1.74. The van der Waals surface area contributed by atoms with Crippen molar-refractivity contribution in [2.75, 3.05) is 0 Å². The number of imide groups is 1. The van der Waals surface area contributed by atoms with E-state index in [0.29, 0.717) is 30.7 Å². The first-order valence-corrected chi connectivity index (χ1v) is 10.4. The van der Waals surface area contributed by atoms with Crippen LogP contribution in [0.15, 0.2) is 12.2 Å². The summed E-state index contributed by atoms with van der Waals surface area (Å²) >= 11 is 0. The lowest BCUT2D eigenvalue weighted by atomic mass is 9.79. The number of carbonyl (C=O) groups excluding carboxylic acids is 5. The van der Waals surface area contributed by atoms with Crippen LogP contribution in [0.2, 0.25) is 0 Å². The monoisotopic (exact) mass is 436 g/mol. The van der Waals surface area contributed by atoms with Crippen LogP contribution in [0, 0.1) is 5.41 Å². The minimum absolute atomic E-state index is 0.0118. The standard InChI is InChI=1S/C20H24N2O9/c1-20(18(26)30-22-16(25)6-5-13-17(22)29-13)10-3-2-4-12(9-11-20)28-19(27)31-21-14(23)7-8-15(21)24/h2,4,12-13,17H,3,5-11H2,1H3/b4-2+/t12-,13?,17?,20+/m0/s1. The largest absolute Gasteiger partial charge is 0.534 e.